The Labute approximate surface area is 313 Å². The molecule has 2 fully saturated rings. The number of rotatable bonds is 10. The molecule has 2 aliphatic heterocycles. The molecule has 12 heteroatoms. The summed E-state index contributed by atoms with van der Waals surface area (Å²) >= 11 is 13.8. The number of benzene rings is 2. The predicted molar refractivity (Wildman–Crippen MR) is 203 cm³/mol. The van der Waals surface area contributed by atoms with Crippen molar-refractivity contribution in [3.63, 3.8) is 0 Å². The Balaban J connectivity index is 1.07. The van der Waals surface area contributed by atoms with Gasteiger partial charge in [0.1, 0.15) is 17.4 Å². The van der Waals surface area contributed by atoms with Crippen LogP contribution in [0.4, 0.5) is 11.4 Å². The topological polar surface area (TPSA) is 128 Å². The van der Waals surface area contributed by atoms with E-state index in [0.29, 0.717) is 58.1 Å². The number of halogens is 2. The lowest BCUT2D eigenvalue weighted by Gasteiger charge is -2.33. The minimum atomic E-state index is -0.797. The van der Waals surface area contributed by atoms with Crippen LogP contribution in [-0.2, 0) is 24.3 Å². The number of aromatic nitrogens is 2. The summed E-state index contributed by atoms with van der Waals surface area (Å²) < 4.78 is 0. The highest BCUT2D eigenvalue weighted by molar-refractivity contribution is 6.40. The van der Waals surface area contributed by atoms with Gasteiger partial charge in [0, 0.05) is 49.2 Å². The first-order valence-electron chi connectivity index (χ1n) is 17.9. The van der Waals surface area contributed by atoms with Crippen LogP contribution in [0.5, 0.6) is 0 Å². The predicted octanol–water partition coefficient (Wildman–Crippen LogP) is 8.04. The fraction of sp³-hybridized carbons (Fsp3) is 0.375. The van der Waals surface area contributed by atoms with Gasteiger partial charge < -0.3 is 15.7 Å². The molecule has 1 atom stereocenters. The van der Waals surface area contributed by atoms with Gasteiger partial charge in [-0.1, -0.05) is 53.9 Å². The number of carbonyl (C=O) groups is 3. The van der Waals surface area contributed by atoms with Crippen molar-refractivity contribution in [1.82, 2.24) is 19.8 Å². The number of hydrogen-bond donors (Lipinski definition) is 3. The van der Waals surface area contributed by atoms with E-state index in [1.54, 1.807) is 42.7 Å². The van der Waals surface area contributed by atoms with Crippen LogP contribution < -0.4 is 10.6 Å². The maximum atomic E-state index is 13.6. The molecular formula is C40H42Cl2N6O4. The van der Waals surface area contributed by atoms with Crippen molar-refractivity contribution in [2.45, 2.75) is 83.5 Å². The number of amides is 2. The number of aliphatic carboxylic acids is 1. The normalized spacial score (nSPS) is 17.8. The molecule has 10 nitrogen and oxygen atoms in total. The Morgan fingerprint density at radius 2 is 1.48 bits per heavy atom. The Bertz CT molecular complexity index is 2030. The van der Waals surface area contributed by atoms with Gasteiger partial charge in [-0.2, -0.15) is 0 Å². The summed E-state index contributed by atoms with van der Waals surface area (Å²) in [6, 6.07) is 14.2. The van der Waals surface area contributed by atoms with Gasteiger partial charge in [0.15, 0.2) is 0 Å². The lowest BCUT2D eigenvalue weighted by Crippen LogP contribution is -2.44. The molecule has 1 saturated carbocycles. The number of hydrogen-bond acceptors (Lipinski definition) is 7. The van der Waals surface area contributed by atoms with Crippen molar-refractivity contribution in [2.24, 2.45) is 0 Å². The average Bonchev–Trinajstić information content (AvgIpc) is 3.99. The van der Waals surface area contributed by atoms with Gasteiger partial charge in [0.2, 0.25) is 0 Å². The zero-order valence-electron chi connectivity index (χ0n) is 29.3. The second-order valence-corrected chi connectivity index (χ2v) is 15.0. The smallest absolute Gasteiger partial charge is 0.320 e. The molecule has 7 rings (SSSR count). The van der Waals surface area contributed by atoms with E-state index in [9.17, 15) is 19.5 Å². The standard InChI is InChI=1S/C40H42Cl2N6O4/c1-23(2)47-16-14-25-17-33(43-19-26(25)21-47)38(49)45-31-9-5-7-28(36(31)41)29-8-6-10-32(37(29)42)46-39(50)34-18-30(24-12-13-24)27(20-44-34)22-48-15-4-3-11-35(48)40(51)52/h5-10,17-20,23-24,35H,3-4,11-16,21-22H2,1-2H3,(H,45,49)(H,46,50)(H,51,52). The SMILES string of the molecule is CC(C)N1CCc2cc(C(=O)Nc3cccc(-c4cccc(NC(=O)c5cc(C6CC6)c(CN6CCCCC6C(=O)O)cn5)c4Cl)c3Cl)ncc2C1. The number of likely N-dealkylation sites (tertiary alicyclic amines) is 1. The fourth-order valence-corrected chi connectivity index (χ4v) is 7.83. The van der Waals surface area contributed by atoms with E-state index in [-0.39, 0.29) is 16.6 Å². The molecule has 270 valence electrons. The van der Waals surface area contributed by atoms with Crippen molar-refractivity contribution in [1.29, 1.82) is 0 Å². The Hall–Kier alpha value is -4.35. The van der Waals surface area contributed by atoms with Crippen LogP contribution in [-0.4, -0.2) is 67.8 Å². The van der Waals surface area contributed by atoms with Crippen LogP contribution in [0.1, 0.15) is 95.1 Å². The highest BCUT2D eigenvalue weighted by Crippen LogP contribution is 2.43. The van der Waals surface area contributed by atoms with Crippen LogP contribution in [0.15, 0.2) is 60.9 Å². The summed E-state index contributed by atoms with van der Waals surface area (Å²) in [5.41, 5.74) is 6.83. The van der Waals surface area contributed by atoms with E-state index in [2.05, 4.69) is 39.3 Å². The average molecular weight is 742 g/mol. The van der Waals surface area contributed by atoms with Crippen LogP contribution in [0.3, 0.4) is 0 Å². The quantitative estimate of drug-likeness (QED) is 0.149. The van der Waals surface area contributed by atoms with Crippen LogP contribution >= 0.6 is 23.2 Å². The summed E-state index contributed by atoms with van der Waals surface area (Å²) in [6.07, 6.45) is 8.91. The Morgan fingerprint density at radius 3 is 2.10 bits per heavy atom. The first-order chi connectivity index (χ1) is 25.1. The molecule has 2 aromatic carbocycles. The number of pyridine rings is 2. The molecule has 1 aliphatic carbocycles. The Morgan fingerprint density at radius 1 is 0.846 bits per heavy atom. The Kier molecular flexibility index (Phi) is 10.6. The number of carbonyl (C=O) groups excluding carboxylic acids is 2. The maximum absolute atomic E-state index is 13.6. The molecule has 3 N–H and O–H groups in total. The summed E-state index contributed by atoms with van der Waals surface area (Å²) in [4.78, 5) is 52.1. The van der Waals surface area contributed by atoms with Crippen LogP contribution in [0.25, 0.3) is 11.1 Å². The minimum Gasteiger partial charge on any atom is -0.480 e. The number of nitrogens with one attached hydrogen (secondary N) is 2. The first kappa shape index (κ1) is 36.0. The molecule has 2 amide bonds. The number of carboxylic acids is 1. The molecule has 0 radical (unpaired) electrons. The summed E-state index contributed by atoms with van der Waals surface area (Å²) in [5.74, 6) is -1.23. The van der Waals surface area contributed by atoms with Gasteiger partial charge in [-0.15, -0.1) is 0 Å². The van der Waals surface area contributed by atoms with E-state index in [4.69, 9.17) is 23.2 Å². The molecule has 3 aliphatic rings. The highest BCUT2D eigenvalue weighted by atomic mass is 35.5. The third-order valence-electron chi connectivity index (χ3n) is 10.4. The second-order valence-electron chi connectivity index (χ2n) is 14.3. The van der Waals surface area contributed by atoms with Gasteiger partial charge in [0.05, 0.1) is 21.4 Å². The molecule has 2 aromatic heterocycles. The third-order valence-corrected chi connectivity index (χ3v) is 11.2. The number of piperidine rings is 1. The number of nitrogens with zero attached hydrogens (tertiary/aromatic N) is 4. The van der Waals surface area contributed by atoms with E-state index in [0.717, 1.165) is 74.0 Å². The van der Waals surface area contributed by atoms with Crippen LogP contribution in [0.2, 0.25) is 10.0 Å². The van der Waals surface area contributed by atoms with Gasteiger partial charge in [-0.05, 0) is 105 Å². The number of fused-ring (bicyclic) bond motifs is 1. The molecule has 0 bridgehead atoms. The van der Waals surface area contributed by atoms with E-state index < -0.39 is 17.9 Å². The van der Waals surface area contributed by atoms with E-state index in [1.165, 1.54) is 0 Å². The molecule has 0 spiro atoms. The largest absolute Gasteiger partial charge is 0.480 e. The van der Waals surface area contributed by atoms with Gasteiger partial charge in [-0.25, -0.2) is 0 Å². The number of anilines is 2. The second kappa shape index (κ2) is 15.3. The zero-order chi connectivity index (χ0) is 36.5. The van der Waals surface area contributed by atoms with E-state index >= 15 is 0 Å². The molecule has 1 unspecified atom stereocenters. The van der Waals surface area contributed by atoms with Crippen molar-refractivity contribution >= 4 is 52.4 Å². The molecule has 4 aromatic rings. The van der Waals surface area contributed by atoms with Gasteiger partial charge in [-0.3, -0.25) is 34.2 Å². The maximum Gasteiger partial charge on any atom is 0.320 e. The lowest BCUT2D eigenvalue weighted by atomic mass is 9.99. The molecular weight excluding hydrogens is 699 g/mol. The van der Waals surface area contributed by atoms with Gasteiger partial charge in [0.25, 0.3) is 11.8 Å². The third kappa shape index (κ3) is 7.71. The molecule has 4 heterocycles. The fourth-order valence-electron chi connectivity index (χ4n) is 7.28. The minimum absolute atomic E-state index is 0.260. The van der Waals surface area contributed by atoms with Gasteiger partial charge >= 0.3 is 5.97 Å². The summed E-state index contributed by atoms with van der Waals surface area (Å²) in [5, 5.41) is 16.2. The lowest BCUT2D eigenvalue weighted by molar-refractivity contribution is -0.144. The van der Waals surface area contributed by atoms with Crippen LogP contribution in [0, 0.1) is 0 Å². The summed E-state index contributed by atoms with van der Waals surface area (Å²) in [7, 11) is 0. The number of carboxylic acid groups (broad SMARTS) is 1. The summed E-state index contributed by atoms with van der Waals surface area (Å²) in [6.45, 7) is 7.32. The van der Waals surface area contributed by atoms with Crippen molar-refractivity contribution < 1.29 is 19.5 Å². The van der Waals surface area contributed by atoms with Crippen molar-refractivity contribution in [2.75, 3.05) is 23.7 Å². The molecule has 1 saturated heterocycles. The van der Waals surface area contributed by atoms with Crippen molar-refractivity contribution in [3.8, 4) is 11.1 Å². The van der Waals surface area contributed by atoms with Crippen molar-refractivity contribution in [3.05, 3.63) is 105 Å². The van der Waals surface area contributed by atoms with E-state index in [1.807, 2.05) is 23.1 Å². The molecule has 52 heavy (non-hydrogen) atoms. The highest BCUT2D eigenvalue weighted by Gasteiger charge is 2.32. The monoisotopic (exact) mass is 740 g/mol. The zero-order valence-corrected chi connectivity index (χ0v) is 30.8. The first-order valence-corrected chi connectivity index (χ1v) is 18.7.